The van der Waals surface area contributed by atoms with Crippen LogP contribution in [0.3, 0.4) is 0 Å². The summed E-state index contributed by atoms with van der Waals surface area (Å²) in [4.78, 5) is 12.6. The lowest BCUT2D eigenvalue weighted by Crippen LogP contribution is -2.25. The first-order valence-electron chi connectivity index (χ1n) is 13.6. The van der Waals surface area contributed by atoms with Crippen molar-refractivity contribution in [3.63, 3.8) is 0 Å². The number of benzene rings is 3. The standard InChI is InChI=1S/C32H39FN2O2/c1-3-5-7-9-23-34(24-10-8-6-4-2)30-20-18-29(19-21-30)28-16-13-26(14-17-28)11-12-27-15-22-32(35(36)37)31(33)25-27/h11-22,25H,3-10,23-24H2,1-2H3. The smallest absolute Gasteiger partial charge is 0.304 e. The summed E-state index contributed by atoms with van der Waals surface area (Å²) < 4.78 is 13.9. The van der Waals surface area contributed by atoms with Crippen LogP contribution in [0, 0.1) is 15.9 Å². The summed E-state index contributed by atoms with van der Waals surface area (Å²) in [5.41, 5.74) is 4.66. The summed E-state index contributed by atoms with van der Waals surface area (Å²) >= 11 is 0. The largest absolute Gasteiger partial charge is 0.372 e. The van der Waals surface area contributed by atoms with Crippen molar-refractivity contribution in [2.24, 2.45) is 0 Å². The zero-order valence-electron chi connectivity index (χ0n) is 22.2. The summed E-state index contributed by atoms with van der Waals surface area (Å²) in [6.07, 6.45) is 13.8. The molecular formula is C32H39FN2O2. The second-order valence-corrected chi connectivity index (χ2v) is 9.58. The molecule has 0 radical (unpaired) electrons. The Morgan fingerprint density at radius 3 is 1.76 bits per heavy atom. The normalized spacial score (nSPS) is 11.2. The summed E-state index contributed by atoms with van der Waals surface area (Å²) in [5.74, 6) is -0.827. The van der Waals surface area contributed by atoms with E-state index >= 15 is 0 Å². The zero-order chi connectivity index (χ0) is 26.5. The number of nitrogens with zero attached hydrogens (tertiary/aromatic N) is 2. The van der Waals surface area contributed by atoms with E-state index in [0.29, 0.717) is 5.56 Å². The van der Waals surface area contributed by atoms with Crippen molar-refractivity contribution in [3.8, 4) is 11.1 Å². The Labute approximate surface area is 221 Å². The van der Waals surface area contributed by atoms with E-state index in [-0.39, 0.29) is 0 Å². The molecule has 0 amide bonds. The average Bonchev–Trinajstić information content (AvgIpc) is 2.91. The van der Waals surface area contributed by atoms with Crippen molar-refractivity contribution in [2.75, 3.05) is 18.0 Å². The minimum Gasteiger partial charge on any atom is -0.372 e. The van der Waals surface area contributed by atoms with Gasteiger partial charge in [0.2, 0.25) is 5.82 Å². The zero-order valence-corrected chi connectivity index (χ0v) is 22.2. The van der Waals surface area contributed by atoms with Crippen LogP contribution in [-0.4, -0.2) is 18.0 Å². The van der Waals surface area contributed by atoms with Crippen molar-refractivity contribution in [2.45, 2.75) is 65.2 Å². The van der Waals surface area contributed by atoms with E-state index < -0.39 is 16.4 Å². The fourth-order valence-corrected chi connectivity index (χ4v) is 4.45. The van der Waals surface area contributed by atoms with Crippen LogP contribution in [0.25, 0.3) is 23.3 Å². The predicted molar refractivity (Wildman–Crippen MR) is 154 cm³/mol. The number of nitro benzene ring substituents is 1. The Hall–Kier alpha value is -3.47. The lowest BCUT2D eigenvalue weighted by atomic mass is 10.0. The maximum absolute atomic E-state index is 13.9. The van der Waals surface area contributed by atoms with E-state index in [4.69, 9.17) is 0 Å². The van der Waals surface area contributed by atoms with Crippen LogP contribution in [0.5, 0.6) is 0 Å². The van der Waals surface area contributed by atoms with Gasteiger partial charge in [0.25, 0.3) is 0 Å². The van der Waals surface area contributed by atoms with E-state index in [1.165, 1.54) is 74.8 Å². The Balaban J connectivity index is 1.64. The number of halogens is 1. The second kappa shape index (κ2) is 14.9. The third-order valence-electron chi connectivity index (χ3n) is 6.68. The molecule has 3 rings (SSSR count). The minimum absolute atomic E-state index is 0.511. The monoisotopic (exact) mass is 502 g/mol. The van der Waals surface area contributed by atoms with Crippen LogP contribution in [0.2, 0.25) is 0 Å². The molecule has 0 aliphatic carbocycles. The minimum atomic E-state index is -0.827. The highest BCUT2D eigenvalue weighted by Crippen LogP contribution is 2.25. The molecule has 0 spiro atoms. The van der Waals surface area contributed by atoms with Gasteiger partial charge in [-0.1, -0.05) is 101 Å². The maximum atomic E-state index is 13.9. The van der Waals surface area contributed by atoms with Crippen LogP contribution >= 0.6 is 0 Å². The van der Waals surface area contributed by atoms with Gasteiger partial charge in [-0.2, -0.15) is 4.39 Å². The van der Waals surface area contributed by atoms with Crippen molar-refractivity contribution in [1.29, 1.82) is 0 Å². The number of unbranched alkanes of at least 4 members (excludes halogenated alkanes) is 6. The van der Waals surface area contributed by atoms with Crippen molar-refractivity contribution in [3.05, 3.63) is 93.8 Å². The molecule has 0 aliphatic heterocycles. The lowest BCUT2D eigenvalue weighted by molar-refractivity contribution is -0.387. The quantitative estimate of drug-likeness (QED) is 0.0899. The Kier molecular flexibility index (Phi) is 11.3. The Morgan fingerprint density at radius 1 is 0.730 bits per heavy atom. The molecule has 0 aromatic heterocycles. The van der Waals surface area contributed by atoms with E-state index in [9.17, 15) is 14.5 Å². The first-order valence-corrected chi connectivity index (χ1v) is 13.6. The topological polar surface area (TPSA) is 46.4 Å². The summed E-state index contributed by atoms with van der Waals surface area (Å²) in [7, 11) is 0. The van der Waals surface area contributed by atoms with Crippen molar-refractivity contribution in [1.82, 2.24) is 0 Å². The average molecular weight is 503 g/mol. The molecule has 0 bridgehead atoms. The first kappa shape index (κ1) is 28.1. The van der Waals surface area contributed by atoms with E-state index in [2.05, 4.69) is 55.1 Å². The van der Waals surface area contributed by atoms with Gasteiger partial charge < -0.3 is 4.90 Å². The van der Waals surface area contributed by atoms with Gasteiger partial charge in [-0.3, -0.25) is 10.1 Å². The highest BCUT2D eigenvalue weighted by Gasteiger charge is 2.12. The number of nitro groups is 1. The molecule has 5 heteroatoms. The van der Waals surface area contributed by atoms with Crippen LogP contribution < -0.4 is 4.90 Å². The lowest BCUT2D eigenvalue weighted by Gasteiger charge is -2.25. The Bertz CT molecular complexity index is 1130. The first-order chi connectivity index (χ1) is 18.0. The number of rotatable bonds is 15. The van der Waals surface area contributed by atoms with Crippen LogP contribution in [0.4, 0.5) is 15.8 Å². The van der Waals surface area contributed by atoms with Gasteiger partial charge in [-0.15, -0.1) is 0 Å². The fourth-order valence-electron chi connectivity index (χ4n) is 4.45. The Morgan fingerprint density at radius 2 is 1.24 bits per heavy atom. The molecule has 0 atom stereocenters. The summed E-state index contributed by atoms with van der Waals surface area (Å²) in [6.45, 7) is 6.74. The second-order valence-electron chi connectivity index (χ2n) is 9.58. The molecule has 3 aromatic carbocycles. The van der Waals surface area contributed by atoms with E-state index in [1.54, 1.807) is 12.1 Å². The number of anilines is 1. The number of hydrogen-bond donors (Lipinski definition) is 0. The third kappa shape index (κ3) is 8.85. The van der Waals surface area contributed by atoms with Crippen molar-refractivity contribution >= 4 is 23.5 Å². The molecule has 4 nitrogen and oxygen atoms in total. The fraction of sp³-hybridized carbons (Fsp3) is 0.375. The van der Waals surface area contributed by atoms with Crippen LogP contribution in [0.15, 0.2) is 66.7 Å². The molecule has 196 valence electrons. The molecule has 37 heavy (non-hydrogen) atoms. The van der Waals surface area contributed by atoms with Gasteiger partial charge in [-0.05, 0) is 59.4 Å². The predicted octanol–water partition coefficient (Wildman–Crippen LogP) is 9.54. The SMILES string of the molecule is CCCCCCN(CCCCCC)c1ccc(-c2ccc(C=Cc3ccc([N+](=O)[O-])c(F)c3)cc2)cc1. The highest BCUT2D eigenvalue weighted by molar-refractivity contribution is 5.73. The molecule has 0 fully saturated rings. The van der Waals surface area contributed by atoms with Gasteiger partial charge in [0, 0.05) is 24.8 Å². The maximum Gasteiger partial charge on any atom is 0.304 e. The third-order valence-corrected chi connectivity index (χ3v) is 6.68. The van der Waals surface area contributed by atoms with Gasteiger partial charge in [0.15, 0.2) is 0 Å². The molecule has 0 heterocycles. The molecule has 0 saturated heterocycles. The molecule has 3 aromatic rings. The van der Waals surface area contributed by atoms with E-state index in [0.717, 1.165) is 24.2 Å². The molecule has 0 saturated carbocycles. The van der Waals surface area contributed by atoms with Gasteiger partial charge in [0.05, 0.1) is 4.92 Å². The van der Waals surface area contributed by atoms with Gasteiger partial charge in [0.1, 0.15) is 0 Å². The molecule has 0 N–H and O–H groups in total. The molecule has 0 aliphatic rings. The summed E-state index contributed by atoms with van der Waals surface area (Å²) in [5, 5.41) is 10.8. The van der Waals surface area contributed by atoms with E-state index in [1.807, 2.05) is 18.2 Å². The van der Waals surface area contributed by atoms with Gasteiger partial charge >= 0.3 is 5.69 Å². The molecule has 0 unspecified atom stereocenters. The highest BCUT2D eigenvalue weighted by atomic mass is 19.1. The van der Waals surface area contributed by atoms with Crippen LogP contribution in [0.1, 0.15) is 76.3 Å². The van der Waals surface area contributed by atoms with Crippen LogP contribution in [-0.2, 0) is 0 Å². The summed E-state index contributed by atoms with van der Waals surface area (Å²) in [6, 6.07) is 21.0. The van der Waals surface area contributed by atoms with Crippen molar-refractivity contribution < 1.29 is 9.31 Å². The van der Waals surface area contributed by atoms with Gasteiger partial charge in [-0.25, -0.2) is 0 Å². The molecular weight excluding hydrogens is 463 g/mol. The number of hydrogen-bond acceptors (Lipinski definition) is 3.